The fraction of sp³-hybridized carbons (Fsp3) is 0.588. The van der Waals surface area contributed by atoms with Crippen molar-refractivity contribution in [3.8, 4) is 0 Å². The van der Waals surface area contributed by atoms with E-state index in [4.69, 9.17) is 0 Å². The molecule has 114 valence electrons. The molecule has 2 N–H and O–H groups in total. The first-order valence-electron chi connectivity index (χ1n) is 7.96. The van der Waals surface area contributed by atoms with Gasteiger partial charge in [0, 0.05) is 16.2 Å². The molecule has 1 aromatic carbocycles. The van der Waals surface area contributed by atoms with Gasteiger partial charge in [-0.25, -0.2) is 0 Å². The monoisotopic (exact) mass is 350 g/mol. The third-order valence-electron chi connectivity index (χ3n) is 4.91. The predicted octanol–water partition coefficient (Wildman–Crippen LogP) is 4.01. The van der Waals surface area contributed by atoms with E-state index in [2.05, 4.69) is 26.6 Å². The molecule has 1 saturated carbocycles. The summed E-state index contributed by atoms with van der Waals surface area (Å²) in [5.74, 6) is 0.895. The number of anilines is 1. The number of fused-ring (bicyclic) bond motifs is 1. The summed E-state index contributed by atoms with van der Waals surface area (Å²) in [6, 6.07) is 6.46. The van der Waals surface area contributed by atoms with Gasteiger partial charge in [0.25, 0.3) is 0 Å². The van der Waals surface area contributed by atoms with Crippen LogP contribution in [-0.2, 0) is 4.79 Å². The molecule has 2 fully saturated rings. The van der Waals surface area contributed by atoms with Gasteiger partial charge < -0.3 is 10.6 Å². The normalized spacial score (nSPS) is 28.8. The fourth-order valence-corrected chi connectivity index (χ4v) is 3.98. The van der Waals surface area contributed by atoms with Crippen molar-refractivity contribution in [1.82, 2.24) is 5.32 Å². The highest BCUT2D eigenvalue weighted by Crippen LogP contribution is 2.32. The van der Waals surface area contributed by atoms with Crippen molar-refractivity contribution in [2.45, 2.75) is 57.5 Å². The Morgan fingerprint density at radius 2 is 2.05 bits per heavy atom. The van der Waals surface area contributed by atoms with Crippen LogP contribution in [0.25, 0.3) is 0 Å². The molecule has 0 aromatic heterocycles. The topological polar surface area (TPSA) is 41.1 Å². The van der Waals surface area contributed by atoms with Gasteiger partial charge in [-0.3, -0.25) is 4.79 Å². The van der Waals surface area contributed by atoms with Gasteiger partial charge in [0.15, 0.2) is 0 Å². The quantitative estimate of drug-likeness (QED) is 0.845. The number of amides is 1. The van der Waals surface area contributed by atoms with Crippen LogP contribution >= 0.6 is 15.9 Å². The molecule has 1 aliphatic carbocycles. The summed E-state index contributed by atoms with van der Waals surface area (Å²) in [5.41, 5.74) is 2.04. The van der Waals surface area contributed by atoms with Gasteiger partial charge in [0.1, 0.15) is 0 Å². The van der Waals surface area contributed by atoms with E-state index in [-0.39, 0.29) is 11.9 Å². The van der Waals surface area contributed by atoms with Crippen molar-refractivity contribution in [1.29, 1.82) is 0 Å². The van der Waals surface area contributed by atoms with Crippen LogP contribution in [0.4, 0.5) is 5.69 Å². The number of nitrogens with one attached hydrogen (secondary N) is 2. The average Bonchev–Trinajstić information content (AvgIpc) is 2.50. The Kier molecular flexibility index (Phi) is 4.65. The molecule has 1 amide bonds. The van der Waals surface area contributed by atoms with Gasteiger partial charge in [0.05, 0.1) is 6.04 Å². The minimum Gasteiger partial charge on any atom is -0.325 e. The lowest BCUT2D eigenvalue weighted by Gasteiger charge is -2.39. The van der Waals surface area contributed by atoms with Crippen LogP contribution in [0, 0.1) is 12.8 Å². The van der Waals surface area contributed by atoms with Crippen molar-refractivity contribution in [3.63, 3.8) is 0 Å². The van der Waals surface area contributed by atoms with E-state index in [9.17, 15) is 4.79 Å². The van der Waals surface area contributed by atoms with Gasteiger partial charge in [0.2, 0.25) is 5.91 Å². The maximum absolute atomic E-state index is 12.4. The van der Waals surface area contributed by atoms with Crippen LogP contribution in [0.1, 0.15) is 44.1 Å². The standard InChI is InChI=1S/C17H23BrN2O/c1-11-6-8-13(10-14(11)18)19-17(21)16-9-7-12-4-2-3-5-15(12)20-16/h6,8,10,12,15-16,20H,2-5,7,9H2,1H3,(H,19,21). The van der Waals surface area contributed by atoms with Gasteiger partial charge >= 0.3 is 0 Å². The number of hydrogen-bond acceptors (Lipinski definition) is 2. The smallest absolute Gasteiger partial charge is 0.241 e. The molecule has 0 bridgehead atoms. The van der Waals surface area contributed by atoms with Gasteiger partial charge in [-0.15, -0.1) is 0 Å². The summed E-state index contributed by atoms with van der Waals surface area (Å²) >= 11 is 3.51. The van der Waals surface area contributed by atoms with E-state index in [1.54, 1.807) is 0 Å². The van der Waals surface area contributed by atoms with Gasteiger partial charge in [-0.2, -0.15) is 0 Å². The number of carbonyl (C=O) groups excluding carboxylic acids is 1. The molecule has 1 heterocycles. The predicted molar refractivity (Wildman–Crippen MR) is 89.4 cm³/mol. The zero-order valence-electron chi connectivity index (χ0n) is 12.5. The third-order valence-corrected chi connectivity index (χ3v) is 5.76. The lowest BCUT2D eigenvalue weighted by Crippen LogP contribution is -2.53. The molecule has 2 aliphatic rings. The molecule has 0 radical (unpaired) electrons. The summed E-state index contributed by atoms with van der Waals surface area (Å²) in [4.78, 5) is 12.4. The highest BCUT2D eigenvalue weighted by molar-refractivity contribution is 9.10. The second-order valence-corrected chi connectivity index (χ2v) is 7.26. The van der Waals surface area contributed by atoms with Crippen molar-refractivity contribution in [2.24, 2.45) is 5.92 Å². The van der Waals surface area contributed by atoms with E-state index < -0.39 is 0 Å². The SMILES string of the molecule is Cc1ccc(NC(=O)C2CCC3CCCCC3N2)cc1Br. The first-order valence-corrected chi connectivity index (χ1v) is 8.76. The van der Waals surface area contributed by atoms with E-state index in [0.29, 0.717) is 6.04 Å². The molecule has 3 nitrogen and oxygen atoms in total. The van der Waals surface area contributed by atoms with E-state index >= 15 is 0 Å². The molecule has 3 rings (SSSR count). The van der Waals surface area contributed by atoms with Gasteiger partial charge in [-0.1, -0.05) is 34.8 Å². The molecule has 21 heavy (non-hydrogen) atoms. The molecule has 4 heteroatoms. The van der Waals surface area contributed by atoms with Crippen molar-refractivity contribution >= 4 is 27.5 Å². The Morgan fingerprint density at radius 3 is 2.86 bits per heavy atom. The Morgan fingerprint density at radius 1 is 1.24 bits per heavy atom. The highest BCUT2D eigenvalue weighted by Gasteiger charge is 2.34. The van der Waals surface area contributed by atoms with E-state index in [1.165, 1.54) is 37.7 Å². The van der Waals surface area contributed by atoms with Crippen molar-refractivity contribution in [2.75, 3.05) is 5.32 Å². The summed E-state index contributed by atoms with van der Waals surface area (Å²) < 4.78 is 1.03. The minimum absolute atomic E-state index is 0.0376. The van der Waals surface area contributed by atoms with Gasteiger partial charge in [-0.05, 0) is 56.2 Å². The fourth-order valence-electron chi connectivity index (χ4n) is 3.60. The van der Waals surface area contributed by atoms with Crippen LogP contribution < -0.4 is 10.6 Å². The number of carbonyl (C=O) groups is 1. The average molecular weight is 351 g/mol. The molecule has 3 unspecified atom stereocenters. The molecule has 1 saturated heterocycles. The summed E-state index contributed by atoms with van der Waals surface area (Å²) in [6.45, 7) is 2.04. The van der Waals surface area contributed by atoms with Crippen LogP contribution in [-0.4, -0.2) is 18.0 Å². The number of benzene rings is 1. The van der Waals surface area contributed by atoms with E-state index in [1.807, 2.05) is 25.1 Å². The zero-order valence-corrected chi connectivity index (χ0v) is 14.1. The lowest BCUT2D eigenvalue weighted by atomic mass is 9.77. The first-order chi connectivity index (χ1) is 10.1. The summed E-state index contributed by atoms with van der Waals surface area (Å²) in [7, 11) is 0. The maximum Gasteiger partial charge on any atom is 0.241 e. The van der Waals surface area contributed by atoms with Crippen molar-refractivity contribution < 1.29 is 4.79 Å². The second-order valence-electron chi connectivity index (χ2n) is 6.40. The molecule has 3 atom stereocenters. The second kappa shape index (κ2) is 6.49. The summed E-state index contributed by atoms with van der Waals surface area (Å²) in [5, 5.41) is 6.62. The maximum atomic E-state index is 12.4. The first kappa shape index (κ1) is 15.0. The van der Waals surface area contributed by atoms with Crippen LogP contribution in [0.15, 0.2) is 22.7 Å². The Labute approximate surface area is 135 Å². The van der Waals surface area contributed by atoms with Crippen LogP contribution in [0.2, 0.25) is 0 Å². The Balaban J connectivity index is 1.61. The molecular formula is C17H23BrN2O. The largest absolute Gasteiger partial charge is 0.325 e. The van der Waals surface area contributed by atoms with Crippen molar-refractivity contribution in [3.05, 3.63) is 28.2 Å². The summed E-state index contributed by atoms with van der Waals surface area (Å²) in [6.07, 6.45) is 7.36. The zero-order chi connectivity index (χ0) is 14.8. The van der Waals surface area contributed by atoms with Crippen LogP contribution in [0.3, 0.4) is 0 Å². The molecule has 1 aliphatic heterocycles. The molecular weight excluding hydrogens is 328 g/mol. The highest BCUT2D eigenvalue weighted by atomic mass is 79.9. The number of halogens is 1. The number of piperidine rings is 1. The van der Waals surface area contributed by atoms with E-state index in [0.717, 1.165) is 22.5 Å². The third kappa shape index (κ3) is 3.49. The Bertz CT molecular complexity index is 532. The van der Waals surface area contributed by atoms with Crippen LogP contribution in [0.5, 0.6) is 0 Å². The molecule has 1 aromatic rings. The Hall–Kier alpha value is -0.870. The number of rotatable bonds is 2. The number of aryl methyl sites for hydroxylation is 1. The number of hydrogen-bond donors (Lipinski definition) is 2. The molecule has 0 spiro atoms. The lowest BCUT2D eigenvalue weighted by molar-refractivity contribution is -0.119. The minimum atomic E-state index is -0.0376.